The van der Waals surface area contributed by atoms with Gasteiger partial charge in [0.25, 0.3) is 5.91 Å². The van der Waals surface area contributed by atoms with Gasteiger partial charge in [-0.15, -0.1) is 0 Å². The van der Waals surface area contributed by atoms with Crippen molar-refractivity contribution in [3.8, 4) is 0 Å². The summed E-state index contributed by atoms with van der Waals surface area (Å²) in [5, 5.41) is 0. The average Bonchev–Trinajstić information content (AvgIpc) is 2.31. The lowest BCUT2D eigenvalue weighted by molar-refractivity contribution is 0.0788. The molecule has 4 heteroatoms. The molecule has 0 unspecified atom stereocenters. The summed E-state index contributed by atoms with van der Waals surface area (Å²) in [7, 11) is 1.68. The van der Waals surface area contributed by atoms with Crippen molar-refractivity contribution in [2.75, 3.05) is 19.3 Å². The number of nitrogens with zero attached hydrogens (tertiary/aromatic N) is 1. The first-order valence-electron chi connectivity index (χ1n) is 5.86. The largest absolute Gasteiger partial charge is 0.399 e. The summed E-state index contributed by atoms with van der Waals surface area (Å²) < 4.78 is 13.5. The van der Waals surface area contributed by atoms with Crippen LogP contribution in [0.25, 0.3) is 0 Å². The Hall–Kier alpha value is -1.58. The van der Waals surface area contributed by atoms with Gasteiger partial charge in [-0.05, 0) is 24.6 Å². The summed E-state index contributed by atoms with van der Waals surface area (Å²) in [6, 6.07) is 4.06. The third-order valence-corrected chi connectivity index (χ3v) is 2.66. The van der Waals surface area contributed by atoms with E-state index in [1.807, 2.05) is 0 Å². The van der Waals surface area contributed by atoms with E-state index in [-0.39, 0.29) is 11.5 Å². The number of halogens is 1. The molecule has 1 amide bonds. The number of hydrogen-bond acceptors (Lipinski definition) is 2. The van der Waals surface area contributed by atoms with Crippen LogP contribution in [-0.2, 0) is 0 Å². The molecule has 0 atom stereocenters. The van der Waals surface area contributed by atoms with E-state index >= 15 is 0 Å². The quantitative estimate of drug-likeness (QED) is 0.633. The first kappa shape index (κ1) is 13.5. The SMILES string of the molecule is CCCCCN(C)C(=O)c1cc(N)ccc1F. The predicted molar refractivity (Wildman–Crippen MR) is 67.3 cm³/mol. The Morgan fingerprint density at radius 1 is 1.41 bits per heavy atom. The fourth-order valence-electron chi connectivity index (χ4n) is 1.61. The van der Waals surface area contributed by atoms with Crippen LogP contribution in [0, 0.1) is 5.82 Å². The molecule has 0 saturated carbocycles. The lowest BCUT2D eigenvalue weighted by Gasteiger charge is -2.17. The molecule has 3 nitrogen and oxygen atoms in total. The Bertz CT molecular complexity index is 393. The minimum Gasteiger partial charge on any atom is -0.399 e. The minimum absolute atomic E-state index is 0.0454. The highest BCUT2D eigenvalue weighted by molar-refractivity contribution is 5.95. The lowest BCUT2D eigenvalue weighted by atomic mass is 10.1. The van der Waals surface area contributed by atoms with E-state index in [2.05, 4.69) is 6.92 Å². The number of carbonyl (C=O) groups is 1. The maximum absolute atomic E-state index is 13.5. The fourth-order valence-corrected chi connectivity index (χ4v) is 1.61. The third-order valence-electron chi connectivity index (χ3n) is 2.66. The molecule has 0 aromatic heterocycles. The highest BCUT2D eigenvalue weighted by Gasteiger charge is 2.15. The van der Waals surface area contributed by atoms with Crippen LogP contribution < -0.4 is 5.73 Å². The molecule has 1 aromatic carbocycles. The second kappa shape index (κ2) is 6.23. The Labute approximate surface area is 101 Å². The van der Waals surface area contributed by atoms with E-state index in [0.717, 1.165) is 19.3 Å². The van der Waals surface area contributed by atoms with Crippen molar-refractivity contribution in [2.45, 2.75) is 26.2 Å². The van der Waals surface area contributed by atoms with Gasteiger partial charge in [-0.2, -0.15) is 0 Å². The first-order valence-corrected chi connectivity index (χ1v) is 5.86. The molecule has 1 aromatic rings. The number of anilines is 1. The standard InChI is InChI=1S/C13H19FN2O/c1-3-4-5-8-16(2)13(17)11-9-10(15)6-7-12(11)14/h6-7,9H,3-5,8,15H2,1-2H3. The second-order valence-corrected chi connectivity index (χ2v) is 4.17. The molecule has 0 aliphatic rings. The van der Waals surface area contributed by atoms with Crippen molar-refractivity contribution in [1.82, 2.24) is 4.90 Å². The Morgan fingerprint density at radius 3 is 2.76 bits per heavy atom. The van der Waals surface area contributed by atoms with E-state index in [1.165, 1.54) is 23.1 Å². The molecule has 0 bridgehead atoms. The second-order valence-electron chi connectivity index (χ2n) is 4.17. The zero-order valence-corrected chi connectivity index (χ0v) is 10.4. The highest BCUT2D eigenvalue weighted by Crippen LogP contribution is 2.14. The van der Waals surface area contributed by atoms with Gasteiger partial charge in [0.15, 0.2) is 0 Å². The van der Waals surface area contributed by atoms with Gasteiger partial charge in [-0.1, -0.05) is 19.8 Å². The van der Waals surface area contributed by atoms with Crippen LogP contribution in [0.3, 0.4) is 0 Å². The number of hydrogen-bond donors (Lipinski definition) is 1. The van der Waals surface area contributed by atoms with Crippen molar-refractivity contribution >= 4 is 11.6 Å². The van der Waals surface area contributed by atoms with Gasteiger partial charge in [0.2, 0.25) is 0 Å². The summed E-state index contributed by atoms with van der Waals surface area (Å²) in [6.07, 6.45) is 3.09. The van der Waals surface area contributed by atoms with Crippen molar-refractivity contribution in [3.05, 3.63) is 29.6 Å². The van der Waals surface area contributed by atoms with Gasteiger partial charge < -0.3 is 10.6 Å². The molecule has 0 radical (unpaired) electrons. The Balaban J connectivity index is 2.71. The summed E-state index contributed by atoms with van der Waals surface area (Å²) >= 11 is 0. The van der Waals surface area contributed by atoms with E-state index in [4.69, 9.17) is 5.73 Å². The van der Waals surface area contributed by atoms with Crippen molar-refractivity contribution in [1.29, 1.82) is 0 Å². The number of nitrogens with two attached hydrogens (primary N) is 1. The maximum atomic E-state index is 13.5. The average molecular weight is 238 g/mol. The monoisotopic (exact) mass is 238 g/mol. The molecular weight excluding hydrogens is 219 g/mol. The van der Waals surface area contributed by atoms with E-state index in [1.54, 1.807) is 7.05 Å². The van der Waals surface area contributed by atoms with Crippen LogP contribution in [0.5, 0.6) is 0 Å². The molecule has 0 aliphatic carbocycles. The van der Waals surface area contributed by atoms with Crippen LogP contribution in [0.1, 0.15) is 36.5 Å². The first-order chi connectivity index (χ1) is 8.06. The molecule has 0 spiro atoms. The summed E-state index contributed by atoms with van der Waals surface area (Å²) in [5.41, 5.74) is 5.99. The number of nitrogen functional groups attached to an aromatic ring is 1. The van der Waals surface area contributed by atoms with Gasteiger partial charge in [0, 0.05) is 19.3 Å². The van der Waals surface area contributed by atoms with Gasteiger partial charge in [-0.3, -0.25) is 4.79 Å². The zero-order valence-electron chi connectivity index (χ0n) is 10.4. The minimum atomic E-state index is -0.522. The predicted octanol–water partition coefficient (Wildman–Crippen LogP) is 2.67. The van der Waals surface area contributed by atoms with Crippen LogP contribution in [-0.4, -0.2) is 24.4 Å². The van der Waals surface area contributed by atoms with Crippen LogP contribution in [0.4, 0.5) is 10.1 Å². The molecule has 2 N–H and O–H groups in total. The maximum Gasteiger partial charge on any atom is 0.256 e. The number of amides is 1. The number of rotatable bonds is 5. The van der Waals surface area contributed by atoms with Crippen molar-refractivity contribution in [2.24, 2.45) is 0 Å². The normalized spacial score (nSPS) is 10.3. The Kier molecular flexibility index (Phi) is 4.94. The molecule has 0 fully saturated rings. The number of benzene rings is 1. The molecular formula is C13H19FN2O. The third kappa shape index (κ3) is 3.73. The molecule has 0 heterocycles. The van der Waals surface area contributed by atoms with Gasteiger partial charge in [0.1, 0.15) is 5.82 Å². The van der Waals surface area contributed by atoms with E-state index in [0.29, 0.717) is 12.2 Å². The van der Waals surface area contributed by atoms with Crippen molar-refractivity contribution in [3.63, 3.8) is 0 Å². The molecule has 94 valence electrons. The summed E-state index contributed by atoms with van der Waals surface area (Å²) in [4.78, 5) is 13.5. The highest BCUT2D eigenvalue weighted by atomic mass is 19.1. The molecule has 0 saturated heterocycles. The number of carbonyl (C=O) groups excluding carboxylic acids is 1. The zero-order chi connectivity index (χ0) is 12.8. The fraction of sp³-hybridized carbons (Fsp3) is 0.462. The molecule has 0 aliphatic heterocycles. The van der Waals surface area contributed by atoms with Crippen LogP contribution in [0.15, 0.2) is 18.2 Å². The van der Waals surface area contributed by atoms with Crippen molar-refractivity contribution < 1.29 is 9.18 Å². The summed E-state index contributed by atoms with van der Waals surface area (Å²) in [5.74, 6) is -0.836. The molecule has 17 heavy (non-hydrogen) atoms. The summed E-state index contributed by atoms with van der Waals surface area (Å²) in [6.45, 7) is 2.74. The van der Waals surface area contributed by atoms with Gasteiger partial charge >= 0.3 is 0 Å². The lowest BCUT2D eigenvalue weighted by Crippen LogP contribution is -2.28. The number of unbranched alkanes of at least 4 members (excludes halogenated alkanes) is 2. The Morgan fingerprint density at radius 2 is 2.12 bits per heavy atom. The van der Waals surface area contributed by atoms with E-state index in [9.17, 15) is 9.18 Å². The topological polar surface area (TPSA) is 46.3 Å². The van der Waals surface area contributed by atoms with Gasteiger partial charge in [0.05, 0.1) is 5.56 Å². The smallest absolute Gasteiger partial charge is 0.256 e. The van der Waals surface area contributed by atoms with E-state index < -0.39 is 5.82 Å². The molecule has 1 rings (SSSR count). The van der Waals surface area contributed by atoms with Gasteiger partial charge in [-0.25, -0.2) is 4.39 Å². The van der Waals surface area contributed by atoms with Crippen LogP contribution in [0.2, 0.25) is 0 Å². The van der Waals surface area contributed by atoms with Crippen LogP contribution >= 0.6 is 0 Å².